The summed E-state index contributed by atoms with van der Waals surface area (Å²) in [6.07, 6.45) is 2.24. The van der Waals surface area contributed by atoms with Gasteiger partial charge in [0.1, 0.15) is 12.2 Å². The van der Waals surface area contributed by atoms with E-state index in [1.807, 2.05) is 12.1 Å². The van der Waals surface area contributed by atoms with Crippen LogP contribution < -0.4 is 10.6 Å². The number of carbonyl (C=O) groups is 1. The van der Waals surface area contributed by atoms with Crippen molar-refractivity contribution in [2.45, 2.75) is 81.5 Å². The Morgan fingerprint density at radius 3 is 2.50 bits per heavy atom. The Hall–Kier alpha value is -4.51. The van der Waals surface area contributed by atoms with Crippen molar-refractivity contribution >= 4 is 17.1 Å². The molecule has 4 heterocycles. The zero-order chi connectivity index (χ0) is 31.3. The summed E-state index contributed by atoms with van der Waals surface area (Å²) in [5, 5.41) is 37.2. The van der Waals surface area contributed by atoms with Gasteiger partial charge in [0.2, 0.25) is 5.89 Å². The average molecular weight is 609 g/mol. The van der Waals surface area contributed by atoms with Crippen molar-refractivity contribution < 1.29 is 27.5 Å². The highest BCUT2D eigenvalue weighted by Gasteiger charge is 2.52. The second kappa shape index (κ2) is 10.9. The first-order valence-electron chi connectivity index (χ1n) is 14.4. The number of halogens is 3. The predicted molar refractivity (Wildman–Crippen MR) is 152 cm³/mol. The molecule has 3 aliphatic rings. The molecule has 0 radical (unpaired) electrons. The van der Waals surface area contributed by atoms with E-state index < -0.39 is 47.5 Å². The number of hydrogen-bond acceptors (Lipinski definition) is 9. The maximum atomic E-state index is 14.5. The molecular formula is C30H31F3N8O3. The van der Waals surface area contributed by atoms with Gasteiger partial charge in [-0.05, 0) is 76.6 Å². The van der Waals surface area contributed by atoms with Crippen molar-refractivity contribution in [3.05, 3.63) is 59.6 Å². The van der Waals surface area contributed by atoms with Crippen LogP contribution in [0.1, 0.15) is 86.5 Å². The minimum atomic E-state index is -2.83. The fourth-order valence-electron chi connectivity index (χ4n) is 6.18. The smallest absolute Gasteiger partial charge is 0.314 e. The Balaban J connectivity index is 1.30. The highest BCUT2D eigenvalue weighted by molar-refractivity contribution is 6.00. The molecule has 0 aliphatic heterocycles. The minimum absolute atomic E-state index is 0.201. The van der Waals surface area contributed by atoms with Crippen LogP contribution in [0, 0.1) is 11.3 Å². The Bertz CT molecular complexity index is 1730. The number of hydrogen-bond donors (Lipinski definition) is 3. The molecule has 3 saturated carbocycles. The van der Waals surface area contributed by atoms with Crippen molar-refractivity contribution in [2.24, 2.45) is 0 Å². The molecule has 0 saturated heterocycles. The lowest BCUT2D eigenvalue weighted by Gasteiger charge is -2.52. The second-order valence-corrected chi connectivity index (χ2v) is 12.3. The van der Waals surface area contributed by atoms with E-state index in [-0.39, 0.29) is 11.5 Å². The molecule has 1 atom stereocenters. The van der Waals surface area contributed by atoms with Crippen molar-refractivity contribution in [3.8, 4) is 17.5 Å². The highest BCUT2D eigenvalue weighted by Crippen LogP contribution is 2.54. The predicted octanol–water partition coefficient (Wildman–Crippen LogP) is 4.88. The molecule has 11 nitrogen and oxygen atoms in total. The van der Waals surface area contributed by atoms with Gasteiger partial charge in [0, 0.05) is 17.2 Å². The Morgan fingerprint density at radius 2 is 1.86 bits per heavy atom. The summed E-state index contributed by atoms with van der Waals surface area (Å²) in [7, 11) is 0. The van der Waals surface area contributed by atoms with Crippen LogP contribution in [0.15, 0.2) is 41.1 Å². The largest absolute Gasteiger partial charge is 0.419 e. The number of nitrogens with zero attached hydrogens (tertiary/aromatic N) is 6. The molecular weight excluding hydrogens is 577 g/mol. The van der Waals surface area contributed by atoms with Gasteiger partial charge in [-0.15, -0.1) is 10.2 Å². The summed E-state index contributed by atoms with van der Waals surface area (Å²) < 4.78 is 47.7. The Kier molecular flexibility index (Phi) is 7.31. The molecule has 1 unspecified atom stereocenters. The van der Waals surface area contributed by atoms with E-state index in [1.165, 1.54) is 26.2 Å². The van der Waals surface area contributed by atoms with Crippen LogP contribution in [-0.2, 0) is 5.41 Å². The zero-order valence-corrected chi connectivity index (χ0v) is 24.1. The van der Waals surface area contributed by atoms with Gasteiger partial charge in [0.25, 0.3) is 11.8 Å². The number of nitriles is 1. The van der Waals surface area contributed by atoms with Gasteiger partial charge < -0.3 is 20.2 Å². The molecule has 3 N–H and O–H groups in total. The van der Waals surface area contributed by atoms with E-state index in [2.05, 4.69) is 37.0 Å². The molecule has 1 amide bonds. The van der Waals surface area contributed by atoms with E-state index in [0.717, 1.165) is 0 Å². The molecule has 230 valence electrons. The first-order chi connectivity index (χ1) is 20.9. The molecule has 0 spiro atoms. The van der Waals surface area contributed by atoms with Crippen molar-refractivity contribution in [1.29, 1.82) is 5.26 Å². The summed E-state index contributed by atoms with van der Waals surface area (Å²) in [5.41, 5.74) is 0.450. The molecule has 14 heteroatoms. The summed E-state index contributed by atoms with van der Waals surface area (Å²) in [6.45, 7) is 2.27. The molecule has 3 fully saturated rings. The number of alkyl halides is 3. The number of aromatic nitrogens is 5. The van der Waals surface area contributed by atoms with Gasteiger partial charge in [-0.2, -0.15) is 19.1 Å². The van der Waals surface area contributed by atoms with Crippen LogP contribution in [0.25, 0.3) is 16.9 Å². The number of carbonyl (C=O) groups excluding carboxylic acids is 1. The molecule has 3 aliphatic carbocycles. The second-order valence-electron chi connectivity index (χ2n) is 12.3. The summed E-state index contributed by atoms with van der Waals surface area (Å²) >= 11 is 0. The summed E-state index contributed by atoms with van der Waals surface area (Å²) in [5.74, 6) is -0.989. The third-order valence-corrected chi connectivity index (χ3v) is 8.98. The van der Waals surface area contributed by atoms with Gasteiger partial charge >= 0.3 is 6.43 Å². The maximum absolute atomic E-state index is 14.5. The average Bonchev–Trinajstić information content (AvgIpc) is 3.68. The number of rotatable bonds is 9. The highest BCUT2D eigenvalue weighted by atomic mass is 19.3. The van der Waals surface area contributed by atoms with E-state index in [4.69, 9.17) is 4.42 Å². The number of pyridine rings is 1. The number of aliphatic hydroxyl groups is 1. The van der Waals surface area contributed by atoms with Crippen LogP contribution in [0.2, 0.25) is 0 Å². The van der Waals surface area contributed by atoms with E-state index >= 15 is 0 Å². The van der Waals surface area contributed by atoms with Crippen molar-refractivity contribution in [1.82, 2.24) is 30.1 Å². The van der Waals surface area contributed by atoms with E-state index in [0.29, 0.717) is 66.7 Å². The molecule has 4 aromatic rings. The molecule has 44 heavy (non-hydrogen) atoms. The van der Waals surface area contributed by atoms with Gasteiger partial charge in [0.15, 0.2) is 0 Å². The normalized spacial score (nSPS) is 22.2. The third-order valence-electron chi connectivity index (χ3n) is 8.98. The monoisotopic (exact) mass is 608 g/mol. The van der Waals surface area contributed by atoms with E-state index in [9.17, 15) is 28.3 Å². The molecule has 4 aromatic heterocycles. The van der Waals surface area contributed by atoms with Crippen molar-refractivity contribution in [3.63, 3.8) is 0 Å². The standard InChI is InChI=1S/C30H31F3N8O3/c1-28(2,43)23(31)16-36-25(42)19-15-35-21(22-4-3-18-11-17(13-34)14-37-41(18)22)12-20(19)38-30-8-5-29(6-9-30,7-10-30)27-40-39-26(44-27)24(32)33/h3-4,11-12,14-15,23-24,43H,5-10,16H2,1-2H3,(H,35,38)(H,36,42). The lowest BCUT2D eigenvalue weighted by atomic mass is 9.57. The number of nitrogens with one attached hydrogen (secondary N) is 2. The summed E-state index contributed by atoms with van der Waals surface area (Å²) in [4.78, 5) is 17.9. The fourth-order valence-corrected chi connectivity index (χ4v) is 6.18. The van der Waals surface area contributed by atoms with Crippen LogP contribution in [0.5, 0.6) is 0 Å². The third kappa shape index (κ3) is 5.36. The number of amides is 1. The van der Waals surface area contributed by atoms with Gasteiger partial charge in [-0.1, -0.05) is 0 Å². The molecule has 2 bridgehead atoms. The number of anilines is 1. The Morgan fingerprint density at radius 1 is 1.14 bits per heavy atom. The van der Waals surface area contributed by atoms with Gasteiger partial charge in [-0.3, -0.25) is 9.78 Å². The first-order valence-corrected chi connectivity index (χ1v) is 14.4. The lowest BCUT2D eigenvalue weighted by molar-refractivity contribution is -0.00177. The zero-order valence-electron chi connectivity index (χ0n) is 24.1. The van der Waals surface area contributed by atoms with Crippen LogP contribution in [0.3, 0.4) is 0 Å². The fraction of sp³-hybridized carbons (Fsp3) is 0.467. The molecule has 0 aromatic carbocycles. The maximum Gasteiger partial charge on any atom is 0.314 e. The SMILES string of the molecule is CC(C)(O)C(F)CNC(=O)c1cnc(-c2ccc3cc(C#N)cnn23)cc1NC12CCC(c3nnc(C(F)F)o3)(CC1)CC2. The van der Waals surface area contributed by atoms with Crippen LogP contribution in [0.4, 0.5) is 18.9 Å². The molecule has 7 rings (SSSR count). The Labute approximate surface area is 250 Å². The first kappa shape index (κ1) is 29.6. The van der Waals surface area contributed by atoms with Gasteiger partial charge in [0.05, 0.1) is 52.1 Å². The topological polar surface area (TPSA) is 154 Å². The number of fused-ring (bicyclic) bond motifs is 4. The van der Waals surface area contributed by atoms with Crippen LogP contribution in [-0.4, -0.2) is 59.7 Å². The van der Waals surface area contributed by atoms with E-state index in [1.54, 1.807) is 16.6 Å². The quantitative estimate of drug-likeness (QED) is 0.241. The van der Waals surface area contributed by atoms with Crippen molar-refractivity contribution in [2.75, 3.05) is 11.9 Å². The van der Waals surface area contributed by atoms with Crippen LogP contribution >= 0.6 is 0 Å². The lowest BCUT2D eigenvalue weighted by Crippen LogP contribution is -2.53. The minimum Gasteiger partial charge on any atom is -0.419 e. The van der Waals surface area contributed by atoms with Gasteiger partial charge in [-0.25, -0.2) is 8.91 Å². The summed E-state index contributed by atoms with van der Waals surface area (Å²) in [6, 6.07) is 9.15.